The van der Waals surface area contributed by atoms with E-state index in [1.165, 1.54) is 18.7 Å². The Morgan fingerprint density at radius 3 is 2.46 bits per heavy atom. The fourth-order valence-electron chi connectivity index (χ4n) is 2.27. The number of amidine groups is 1. The highest BCUT2D eigenvalue weighted by atomic mass is 32.2. The van der Waals surface area contributed by atoms with Gasteiger partial charge in [-0.25, -0.2) is 4.99 Å². The van der Waals surface area contributed by atoms with Crippen molar-refractivity contribution < 1.29 is 14.3 Å². The number of carbonyl (C=O) groups is 2. The third-order valence-corrected chi connectivity index (χ3v) is 4.39. The number of ether oxygens (including phenoxy) is 1. The molecule has 1 heterocycles. The van der Waals surface area contributed by atoms with Crippen molar-refractivity contribution in [3.05, 3.63) is 59.0 Å². The maximum atomic E-state index is 12.1. The summed E-state index contributed by atoms with van der Waals surface area (Å²) in [6, 6.07) is 14.5. The third kappa shape index (κ3) is 4.52. The van der Waals surface area contributed by atoms with Crippen LogP contribution in [-0.2, 0) is 9.59 Å². The van der Waals surface area contributed by atoms with Crippen LogP contribution in [0.3, 0.4) is 0 Å². The topological polar surface area (TPSA) is 79.8 Å². The highest BCUT2D eigenvalue weighted by molar-refractivity contribution is 8.18. The van der Waals surface area contributed by atoms with Gasteiger partial charge in [-0.3, -0.25) is 9.59 Å². The lowest BCUT2D eigenvalue weighted by Crippen LogP contribution is -2.19. The summed E-state index contributed by atoms with van der Waals surface area (Å²) < 4.78 is 5.11. The number of carbonyl (C=O) groups excluding carboxylic acids is 2. The van der Waals surface area contributed by atoms with Gasteiger partial charge >= 0.3 is 0 Å². The van der Waals surface area contributed by atoms with Crippen LogP contribution in [-0.4, -0.2) is 24.1 Å². The number of nitrogens with zero attached hydrogens (tertiary/aromatic N) is 1. The largest absolute Gasteiger partial charge is 0.497 e. The van der Waals surface area contributed by atoms with E-state index in [0.717, 1.165) is 17.0 Å². The van der Waals surface area contributed by atoms with Gasteiger partial charge in [-0.1, -0.05) is 12.1 Å². The van der Waals surface area contributed by atoms with E-state index in [4.69, 9.17) is 4.74 Å². The highest BCUT2D eigenvalue weighted by Gasteiger charge is 2.23. The molecule has 2 amide bonds. The first-order valence-electron chi connectivity index (χ1n) is 7.85. The van der Waals surface area contributed by atoms with E-state index in [1.54, 1.807) is 25.3 Å². The molecule has 2 aromatic carbocycles. The molecular formula is C19H17N3O3S. The van der Waals surface area contributed by atoms with Gasteiger partial charge in [-0.05, 0) is 59.8 Å². The molecule has 2 N–H and O–H groups in total. The minimum atomic E-state index is -0.187. The summed E-state index contributed by atoms with van der Waals surface area (Å²) in [7, 11) is 1.60. The van der Waals surface area contributed by atoms with E-state index in [1.807, 2.05) is 36.4 Å². The van der Waals surface area contributed by atoms with Crippen molar-refractivity contribution >= 4 is 46.2 Å². The van der Waals surface area contributed by atoms with Gasteiger partial charge in [0, 0.05) is 12.6 Å². The lowest BCUT2D eigenvalue weighted by Gasteiger charge is -2.02. The zero-order chi connectivity index (χ0) is 18.5. The second-order valence-electron chi connectivity index (χ2n) is 5.48. The van der Waals surface area contributed by atoms with Crippen LogP contribution in [0.5, 0.6) is 5.75 Å². The summed E-state index contributed by atoms with van der Waals surface area (Å²) in [4.78, 5) is 28.2. The molecule has 1 aliphatic rings. The Hall–Kier alpha value is -3.06. The Labute approximate surface area is 155 Å². The van der Waals surface area contributed by atoms with Crippen LogP contribution in [0.25, 0.3) is 6.08 Å². The number of aliphatic imine (C=N–C) groups is 1. The summed E-state index contributed by atoms with van der Waals surface area (Å²) in [6.45, 7) is 1.46. The van der Waals surface area contributed by atoms with Gasteiger partial charge in [0.25, 0.3) is 5.91 Å². The molecule has 0 radical (unpaired) electrons. The zero-order valence-corrected chi connectivity index (χ0v) is 15.1. The predicted octanol–water partition coefficient (Wildman–Crippen LogP) is 3.55. The molecule has 132 valence electrons. The minimum Gasteiger partial charge on any atom is -0.497 e. The van der Waals surface area contributed by atoms with Crippen LogP contribution in [0.15, 0.2) is 58.4 Å². The summed E-state index contributed by atoms with van der Waals surface area (Å²) >= 11 is 1.28. The summed E-state index contributed by atoms with van der Waals surface area (Å²) in [5.41, 5.74) is 2.31. The number of nitrogens with one attached hydrogen (secondary N) is 2. The molecule has 1 fully saturated rings. The molecule has 7 heteroatoms. The van der Waals surface area contributed by atoms with Gasteiger partial charge < -0.3 is 15.4 Å². The molecule has 0 aromatic heterocycles. The molecule has 0 spiro atoms. The Bertz CT molecular complexity index is 887. The van der Waals surface area contributed by atoms with E-state index >= 15 is 0 Å². The van der Waals surface area contributed by atoms with Crippen molar-refractivity contribution in [1.82, 2.24) is 5.32 Å². The molecule has 0 bridgehead atoms. The molecule has 6 nitrogen and oxygen atoms in total. The monoisotopic (exact) mass is 367 g/mol. The smallest absolute Gasteiger partial charge is 0.264 e. The second-order valence-corrected chi connectivity index (χ2v) is 6.51. The van der Waals surface area contributed by atoms with E-state index in [9.17, 15) is 9.59 Å². The number of hydrogen-bond donors (Lipinski definition) is 2. The number of rotatable bonds is 4. The van der Waals surface area contributed by atoms with Crippen LogP contribution < -0.4 is 15.4 Å². The zero-order valence-electron chi connectivity index (χ0n) is 14.3. The Morgan fingerprint density at radius 1 is 1.15 bits per heavy atom. The number of anilines is 1. The SMILES string of the molecule is COc1ccc(N=C2NC(=O)/C(=C/c3ccc(NC(C)=O)cc3)S2)cc1. The number of benzene rings is 2. The first-order chi connectivity index (χ1) is 12.5. The van der Waals surface area contributed by atoms with E-state index in [0.29, 0.717) is 15.8 Å². The van der Waals surface area contributed by atoms with Crippen molar-refractivity contribution in [1.29, 1.82) is 0 Å². The lowest BCUT2D eigenvalue weighted by molar-refractivity contribution is -0.115. The molecule has 2 aromatic rings. The highest BCUT2D eigenvalue weighted by Crippen LogP contribution is 2.28. The molecule has 1 saturated heterocycles. The van der Waals surface area contributed by atoms with E-state index in [-0.39, 0.29) is 11.8 Å². The van der Waals surface area contributed by atoms with Crippen molar-refractivity contribution in [3.63, 3.8) is 0 Å². The van der Waals surface area contributed by atoms with Gasteiger partial charge in [0.1, 0.15) is 5.75 Å². The average Bonchev–Trinajstić information content (AvgIpc) is 2.96. The number of hydrogen-bond acceptors (Lipinski definition) is 5. The number of amides is 2. The van der Waals surface area contributed by atoms with Gasteiger partial charge in [0.05, 0.1) is 17.7 Å². The van der Waals surface area contributed by atoms with E-state index < -0.39 is 0 Å². The van der Waals surface area contributed by atoms with Crippen molar-refractivity contribution in [3.8, 4) is 5.75 Å². The third-order valence-electron chi connectivity index (χ3n) is 3.48. The van der Waals surface area contributed by atoms with Crippen molar-refractivity contribution in [2.45, 2.75) is 6.92 Å². The standard InChI is InChI=1S/C19H17N3O3S/c1-12(23)20-14-5-3-13(4-6-14)11-17-18(24)22-19(26-17)21-15-7-9-16(25-2)10-8-15/h3-11H,1-2H3,(H,20,23)(H,21,22,24)/b17-11-. The van der Waals surface area contributed by atoms with Gasteiger partial charge in [-0.2, -0.15) is 0 Å². The predicted molar refractivity (Wildman–Crippen MR) is 105 cm³/mol. The lowest BCUT2D eigenvalue weighted by atomic mass is 10.2. The molecule has 26 heavy (non-hydrogen) atoms. The van der Waals surface area contributed by atoms with Gasteiger partial charge in [0.15, 0.2) is 5.17 Å². The fraction of sp³-hybridized carbons (Fsp3) is 0.105. The fourth-order valence-corrected chi connectivity index (χ4v) is 3.11. The van der Waals surface area contributed by atoms with Gasteiger partial charge in [0.2, 0.25) is 5.91 Å². The maximum Gasteiger partial charge on any atom is 0.264 e. The first kappa shape index (κ1) is 17.8. The van der Waals surface area contributed by atoms with Crippen LogP contribution in [0, 0.1) is 0 Å². The van der Waals surface area contributed by atoms with Crippen molar-refractivity contribution in [2.75, 3.05) is 12.4 Å². The Balaban J connectivity index is 1.73. The van der Waals surface area contributed by atoms with Crippen LogP contribution in [0.1, 0.15) is 12.5 Å². The second kappa shape index (κ2) is 7.88. The average molecular weight is 367 g/mol. The number of methoxy groups -OCH3 is 1. The van der Waals surface area contributed by atoms with Crippen LogP contribution in [0.2, 0.25) is 0 Å². The Kier molecular flexibility index (Phi) is 5.38. The first-order valence-corrected chi connectivity index (χ1v) is 8.66. The maximum absolute atomic E-state index is 12.1. The molecule has 0 aliphatic carbocycles. The molecule has 0 unspecified atom stereocenters. The minimum absolute atomic E-state index is 0.124. The molecule has 3 rings (SSSR count). The molecular weight excluding hydrogens is 350 g/mol. The van der Waals surface area contributed by atoms with Crippen LogP contribution in [0.4, 0.5) is 11.4 Å². The van der Waals surface area contributed by atoms with Gasteiger partial charge in [-0.15, -0.1) is 0 Å². The number of thioether (sulfide) groups is 1. The van der Waals surface area contributed by atoms with Crippen LogP contribution >= 0.6 is 11.8 Å². The molecule has 0 atom stereocenters. The quantitative estimate of drug-likeness (QED) is 0.810. The molecule has 0 saturated carbocycles. The van der Waals surface area contributed by atoms with Crippen molar-refractivity contribution in [2.24, 2.45) is 4.99 Å². The normalized spacial score (nSPS) is 16.6. The summed E-state index contributed by atoms with van der Waals surface area (Å²) in [5.74, 6) is 0.440. The summed E-state index contributed by atoms with van der Waals surface area (Å²) in [5, 5.41) is 5.99. The summed E-state index contributed by atoms with van der Waals surface area (Å²) in [6.07, 6.45) is 1.79. The Morgan fingerprint density at radius 2 is 1.85 bits per heavy atom. The van der Waals surface area contributed by atoms with E-state index in [2.05, 4.69) is 15.6 Å². The molecule has 1 aliphatic heterocycles.